The smallest absolute Gasteiger partial charge is 0.251 e. The number of likely N-dealkylation sites (tertiary alicyclic amines) is 1. The summed E-state index contributed by atoms with van der Waals surface area (Å²) < 4.78 is 10.8. The zero-order valence-electron chi connectivity index (χ0n) is 16.2. The second-order valence-electron chi connectivity index (χ2n) is 7.03. The Labute approximate surface area is 155 Å². The van der Waals surface area contributed by atoms with Crippen LogP contribution in [0.4, 0.5) is 0 Å². The third kappa shape index (κ3) is 5.38. The average molecular weight is 362 g/mol. The van der Waals surface area contributed by atoms with E-state index in [4.69, 9.17) is 9.47 Å². The number of benzene rings is 1. The fourth-order valence-corrected chi connectivity index (χ4v) is 3.10. The van der Waals surface area contributed by atoms with Gasteiger partial charge in [0.25, 0.3) is 5.91 Å². The van der Waals surface area contributed by atoms with Gasteiger partial charge in [0.05, 0.1) is 13.7 Å². The maximum absolute atomic E-state index is 12.5. The molecule has 1 N–H and O–H groups in total. The number of methoxy groups -OCH3 is 1. The summed E-state index contributed by atoms with van der Waals surface area (Å²) >= 11 is 0. The molecule has 144 valence electrons. The van der Waals surface area contributed by atoms with Crippen molar-refractivity contribution in [2.24, 2.45) is 5.92 Å². The monoisotopic (exact) mass is 362 g/mol. The van der Waals surface area contributed by atoms with Crippen LogP contribution in [0.2, 0.25) is 0 Å². The summed E-state index contributed by atoms with van der Waals surface area (Å²) in [5.41, 5.74) is 0.545. The van der Waals surface area contributed by atoms with Crippen molar-refractivity contribution in [1.82, 2.24) is 10.2 Å². The molecule has 2 rings (SSSR count). The van der Waals surface area contributed by atoms with Gasteiger partial charge in [0.2, 0.25) is 5.91 Å². The number of carbonyl (C=O) groups excluding carboxylic acids is 2. The lowest BCUT2D eigenvalue weighted by atomic mass is 10.0. The van der Waals surface area contributed by atoms with Crippen LogP contribution in [-0.2, 0) is 4.79 Å². The van der Waals surface area contributed by atoms with Gasteiger partial charge in [-0.2, -0.15) is 0 Å². The molecule has 2 amide bonds. The van der Waals surface area contributed by atoms with Crippen LogP contribution in [0.25, 0.3) is 0 Å². The van der Waals surface area contributed by atoms with Crippen molar-refractivity contribution in [3.8, 4) is 11.5 Å². The molecule has 0 bridgehead atoms. The number of nitrogens with zero attached hydrogens (tertiary/aromatic N) is 1. The number of nitrogens with one attached hydrogen (secondary N) is 1. The number of rotatable bonds is 7. The van der Waals surface area contributed by atoms with Gasteiger partial charge in [-0.05, 0) is 43.9 Å². The minimum absolute atomic E-state index is 0.0863. The van der Waals surface area contributed by atoms with Crippen LogP contribution in [0.15, 0.2) is 18.2 Å². The summed E-state index contributed by atoms with van der Waals surface area (Å²) in [6.07, 6.45) is 2.15. The maximum Gasteiger partial charge on any atom is 0.251 e. The van der Waals surface area contributed by atoms with E-state index < -0.39 is 0 Å². The van der Waals surface area contributed by atoms with Crippen molar-refractivity contribution in [3.63, 3.8) is 0 Å². The molecule has 1 aliphatic rings. The van der Waals surface area contributed by atoms with Crippen LogP contribution in [0, 0.1) is 5.92 Å². The van der Waals surface area contributed by atoms with Crippen molar-refractivity contribution in [1.29, 1.82) is 0 Å². The molecule has 0 aliphatic carbocycles. The Kier molecular flexibility index (Phi) is 7.30. The van der Waals surface area contributed by atoms with E-state index in [0.29, 0.717) is 49.1 Å². The molecule has 0 atom stereocenters. The van der Waals surface area contributed by atoms with Crippen molar-refractivity contribution in [2.75, 3.05) is 26.8 Å². The molecule has 0 unspecified atom stereocenters. The highest BCUT2D eigenvalue weighted by Crippen LogP contribution is 2.28. The summed E-state index contributed by atoms with van der Waals surface area (Å²) in [6, 6.07) is 5.28. The Bertz CT molecular complexity index is 622. The average Bonchev–Trinajstić information content (AvgIpc) is 2.62. The zero-order chi connectivity index (χ0) is 19.1. The Morgan fingerprint density at radius 2 is 1.92 bits per heavy atom. The highest BCUT2D eigenvalue weighted by Gasteiger charge is 2.24. The standard InChI is InChI=1S/C20H30N2O4/c1-5-26-17-7-6-15(13-18(17)25-4)20(24)21-16-8-10-22(11-9-16)19(23)12-14(2)3/h6-7,13-14,16H,5,8-12H2,1-4H3,(H,21,24). The van der Waals surface area contributed by atoms with Gasteiger partial charge in [-0.15, -0.1) is 0 Å². The zero-order valence-corrected chi connectivity index (χ0v) is 16.2. The van der Waals surface area contributed by atoms with Crippen LogP contribution >= 0.6 is 0 Å². The van der Waals surface area contributed by atoms with Crippen molar-refractivity contribution < 1.29 is 19.1 Å². The minimum atomic E-state index is -0.127. The number of hydrogen-bond donors (Lipinski definition) is 1. The molecule has 0 radical (unpaired) electrons. The largest absolute Gasteiger partial charge is 0.493 e. The lowest BCUT2D eigenvalue weighted by molar-refractivity contribution is -0.133. The molecule has 0 spiro atoms. The molecule has 1 aromatic carbocycles. The lowest BCUT2D eigenvalue weighted by Crippen LogP contribution is -2.46. The van der Waals surface area contributed by atoms with Crippen molar-refractivity contribution in [3.05, 3.63) is 23.8 Å². The molecule has 6 nitrogen and oxygen atoms in total. The van der Waals surface area contributed by atoms with E-state index in [-0.39, 0.29) is 17.9 Å². The molecule has 1 fully saturated rings. The van der Waals surface area contributed by atoms with Gasteiger partial charge in [-0.3, -0.25) is 9.59 Å². The second-order valence-corrected chi connectivity index (χ2v) is 7.03. The van der Waals surface area contributed by atoms with Gasteiger partial charge in [0.15, 0.2) is 11.5 Å². The van der Waals surface area contributed by atoms with Crippen LogP contribution in [0.5, 0.6) is 11.5 Å². The highest BCUT2D eigenvalue weighted by molar-refractivity contribution is 5.95. The van der Waals surface area contributed by atoms with E-state index in [1.807, 2.05) is 11.8 Å². The Balaban J connectivity index is 1.90. The van der Waals surface area contributed by atoms with Gasteiger partial charge < -0.3 is 19.7 Å². The number of piperidine rings is 1. The van der Waals surface area contributed by atoms with Crippen LogP contribution in [0.3, 0.4) is 0 Å². The Hall–Kier alpha value is -2.24. The van der Waals surface area contributed by atoms with Gasteiger partial charge >= 0.3 is 0 Å². The third-order valence-electron chi connectivity index (χ3n) is 4.49. The van der Waals surface area contributed by atoms with E-state index in [9.17, 15) is 9.59 Å². The van der Waals surface area contributed by atoms with E-state index in [1.54, 1.807) is 25.3 Å². The molecule has 1 aliphatic heterocycles. The topological polar surface area (TPSA) is 67.9 Å². The predicted octanol–water partition coefficient (Wildman–Crippen LogP) is 2.86. The fraction of sp³-hybridized carbons (Fsp3) is 0.600. The minimum Gasteiger partial charge on any atom is -0.493 e. The summed E-state index contributed by atoms with van der Waals surface area (Å²) in [7, 11) is 1.56. The number of carbonyl (C=O) groups is 2. The first-order valence-corrected chi connectivity index (χ1v) is 9.34. The van der Waals surface area contributed by atoms with Crippen LogP contribution in [0.1, 0.15) is 50.4 Å². The molecule has 6 heteroatoms. The SMILES string of the molecule is CCOc1ccc(C(=O)NC2CCN(C(=O)CC(C)C)CC2)cc1OC. The number of ether oxygens (including phenoxy) is 2. The van der Waals surface area contributed by atoms with Crippen LogP contribution < -0.4 is 14.8 Å². The van der Waals surface area contributed by atoms with Gasteiger partial charge in [-0.25, -0.2) is 0 Å². The summed E-state index contributed by atoms with van der Waals surface area (Å²) in [6.45, 7) is 7.94. The third-order valence-corrected chi connectivity index (χ3v) is 4.49. The first-order chi connectivity index (χ1) is 12.4. The molecule has 1 aromatic rings. The molecule has 0 aromatic heterocycles. The Morgan fingerprint density at radius 1 is 1.23 bits per heavy atom. The molecule has 26 heavy (non-hydrogen) atoms. The number of hydrogen-bond acceptors (Lipinski definition) is 4. The van der Waals surface area contributed by atoms with E-state index in [2.05, 4.69) is 19.2 Å². The van der Waals surface area contributed by atoms with Crippen molar-refractivity contribution >= 4 is 11.8 Å². The Morgan fingerprint density at radius 3 is 2.50 bits per heavy atom. The van der Waals surface area contributed by atoms with E-state index in [0.717, 1.165) is 12.8 Å². The normalized spacial score (nSPS) is 15.0. The van der Waals surface area contributed by atoms with Crippen molar-refractivity contribution in [2.45, 2.75) is 46.1 Å². The first-order valence-electron chi connectivity index (χ1n) is 9.34. The lowest BCUT2D eigenvalue weighted by Gasteiger charge is -2.33. The van der Waals surface area contributed by atoms with E-state index in [1.165, 1.54) is 0 Å². The van der Waals surface area contributed by atoms with E-state index >= 15 is 0 Å². The summed E-state index contributed by atoms with van der Waals surface area (Å²) in [5, 5.41) is 3.06. The van der Waals surface area contributed by atoms with Gasteiger partial charge in [-0.1, -0.05) is 13.8 Å². The quantitative estimate of drug-likeness (QED) is 0.810. The highest BCUT2D eigenvalue weighted by atomic mass is 16.5. The molecular weight excluding hydrogens is 332 g/mol. The van der Waals surface area contributed by atoms with Crippen LogP contribution in [-0.4, -0.2) is 49.6 Å². The molecule has 1 saturated heterocycles. The predicted molar refractivity (Wildman–Crippen MR) is 101 cm³/mol. The van der Waals surface area contributed by atoms with Gasteiger partial charge in [0, 0.05) is 31.1 Å². The molecule has 0 saturated carbocycles. The summed E-state index contributed by atoms with van der Waals surface area (Å²) in [4.78, 5) is 26.6. The van der Waals surface area contributed by atoms with Gasteiger partial charge in [0.1, 0.15) is 0 Å². The first kappa shape index (κ1) is 20.1. The number of amides is 2. The maximum atomic E-state index is 12.5. The fourth-order valence-electron chi connectivity index (χ4n) is 3.10. The molecule has 1 heterocycles. The second kappa shape index (κ2) is 9.46. The summed E-state index contributed by atoms with van der Waals surface area (Å²) in [5.74, 6) is 1.63. The molecular formula is C20H30N2O4.